The van der Waals surface area contributed by atoms with Gasteiger partial charge in [-0.2, -0.15) is 0 Å². The van der Waals surface area contributed by atoms with Gasteiger partial charge in [-0.05, 0) is 64.4 Å². The van der Waals surface area contributed by atoms with Crippen molar-refractivity contribution in [3.63, 3.8) is 0 Å². The molecule has 0 heterocycles. The second-order valence-corrected chi connectivity index (χ2v) is 6.21. The molecular weight excluding hydrogens is 267 g/mol. The lowest BCUT2D eigenvalue weighted by atomic mass is 10.0. The zero-order chi connectivity index (χ0) is 16.0. The summed E-state index contributed by atoms with van der Waals surface area (Å²) in [5, 5.41) is 13.5. The molecule has 1 aromatic rings. The molecule has 0 saturated carbocycles. The third kappa shape index (κ3) is 5.64. The van der Waals surface area contributed by atoms with Crippen molar-refractivity contribution in [2.45, 2.75) is 52.7 Å². The number of benzene rings is 1. The number of nitrogens with one attached hydrogen (secondary N) is 1. The summed E-state index contributed by atoms with van der Waals surface area (Å²) >= 11 is 0. The summed E-state index contributed by atoms with van der Waals surface area (Å²) < 4.78 is 13.6. The molecule has 3 nitrogen and oxygen atoms in total. The Kier molecular flexibility index (Phi) is 6.62. The number of rotatable bonds is 8. The Morgan fingerprint density at radius 2 is 2.00 bits per heavy atom. The van der Waals surface area contributed by atoms with Crippen LogP contribution in [-0.2, 0) is 0 Å². The van der Waals surface area contributed by atoms with Gasteiger partial charge in [0.2, 0.25) is 0 Å². The first-order valence-electron chi connectivity index (χ1n) is 7.78. The van der Waals surface area contributed by atoms with Crippen molar-refractivity contribution >= 4 is 5.69 Å². The molecule has 2 N–H and O–H groups in total. The third-order valence-electron chi connectivity index (χ3n) is 3.46. The highest BCUT2D eigenvalue weighted by atomic mass is 19.1. The highest BCUT2D eigenvalue weighted by Crippen LogP contribution is 2.28. The van der Waals surface area contributed by atoms with Gasteiger partial charge in [0.1, 0.15) is 5.82 Å². The number of nitrogens with zero attached hydrogens (tertiary/aromatic N) is 1. The lowest BCUT2D eigenvalue weighted by Gasteiger charge is -2.32. The van der Waals surface area contributed by atoms with E-state index >= 15 is 0 Å². The zero-order valence-electron chi connectivity index (χ0n) is 13.9. The number of halogens is 1. The number of likely N-dealkylation sites (N-methyl/N-ethyl adjacent to an activating group) is 1. The molecule has 4 heteroatoms. The van der Waals surface area contributed by atoms with E-state index in [2.05, 4.69) is 17.1 Å². The van der Waals surface area contributed by atoms with Crippen molar-refractivity contribution in [2.75, 3.05) is 24.5 Å². The quantitative estimate of drug-likeness (QED) is 0.771. The average molecular weight is 296 g/mol. The van der Waals surface area contributed by atoms with Crippen LogP contribution in [0, 0.1) is 5.82 Å². The molecule has 0 amide bonds. The molecule has 0 aromatic heterocycles. The normalized spacial score (nSPS) is 13.3. The summed E-state index contributed by atoms with van der Waals surface area (Å²) in [7, 11) is 0. The van der Waals surface area contributed by atoms with Crippen molar-refractivity contribution in [2.24, 2.45) is 0 Å². The highest BCUT2D eigenvalue weighted by Gasteiger charge is 2.21. The Morgan fingerprint density at radius 1 is 1.33 bits per heavy atom. The Labute approximate surface area is 128 Å². The SMILES string of the molecule is CCCNC(C)c1cc(F)ccc1N(CC)CC(C)(C)O. The molecule has 0 spiro atoms. The largest absolute Gasteiger partial charge is 0.389 e. The van der Waals surface area contributed by atoms with Crippen molar-refractivity contribution in [3.05, 3.63) is 29.6 Å². The van der Waals surface area contributed by atoms with Crippen LogP contribution >= 0.6 is 0 Å². The second kappa shape index (κ2) is 7.76. The van der Waals surface area contributed by atoms with E-state index in [0.29, 0.717) is 6.54 Å². The number of aliphatic hydroxyl groups is 1. The van der Waals surface area contributed by atoms with Crippen LogP contribution in [0.3, 0.4) is 0 Å². The Hall–Kier alpha value is -1.13. The smallest absolute Gasteiger partial charge is 0.123 e. The van der Waals surface area contributed by atoms with Crippen LogP contribution in [0.1, 0.15) is 52.6 Å². The van der Waals surface area contributed by atoms with Gasteiger partial charge in [0, 0.05) is 24.8 Å². The van der Waals surface area contributed by atoms with Gasteiger partial charge in [0.15, 0.2) is 0 Å². The molecule has 0 aliphatic rings. The zero-order valence-corrected chi connectivity index (χ0v) is 13.9. The number of hydrogen-bond acceptors (Lipinski definition) is 3. The van der Waals surface area contributed by atoms with Crippen LogP contribution < -0.4 is 10.2 Å². The van der Waals surface area contributed by atoms with Crippen molar-refractivity contribution in [3.8, 4) is 0 Å². The minimum atomic E-state index is -0.790. The van der Waals surface area contributed by atoms with E-state index in [1.165, 1.54) is 6.07 Å². The van der Waals surface area contributed by atoms with E-state index in [0.717, 1.165) is 30.8 Å². The fourth-order valence-electron chi connectivity index (χ4n) is 2.47. The van der Waals surface area contributed by atoms with Crippen LogP contribution in [0.25, 0.3) is 0 Å². The van der Waals surface area contributed by atoms with Gasteiger partial charge in [-0.3, -0.25) is 0 Å². The van der Waals surface area contributed by atoms with E-state index < -0.39 is 5.60 Å². The molecule has 0 fully saturated rings. The predicted molar refractivity (Wildman–Crippen MR) is 87.3 cm³/mol. The summed E-state index contributed by atoms with van der Waals surface area (Å²) in [6, 6.07) is 4.96. The topological polar surface area (TPSA) is 35.5 Å². The molecule has 1 aromatic carbocycles. The molecule has 21 heavy (non-hydrogen) atoms. The average Bonchev–Trinajstić information content (AvgIpc) is 2.41. The fourth-order valence-corrected chi connectivity index (χ4v) is 2.47. The maximum Gasteiger partial charge on any atom is 0.123 e. The molecule has 1 atom stereocenters. The number of hydrogen-bond donors (Lipinski definition) is 2. The summed E-state index contributed by atoms with van der Waals surface area (Å²) in [6.45, 7) is 12.0. The van der Waals surface area contributed by atoms with Crippen LogP contribution in [0.15, 0.2) is 18.2 Å². The van der Waals surface area contributed by atoms with Gasteiger partial charge < -0.3 is 15.3 Å². The maximum absolute atomic E-state index is 13.6. The minimum Gasteiger partial charge on any atom is -0.389 e. The number of anilines is 1. The van der Waals surface area contributed by atoms with E-state index in [1.807, 2.05) is 19.9 Å². The maximum atomic E-state index is 13.6. The predicted octanol–water partition coefficient (Wildman–Crippen LogP) is 3.48. The van der Waals surface area contributed by atoms with Gasteiger partial charge in [0.25, 0.3) is 0 Å². The molecule has 1 rings (SSSR count). The first-order chi connectivity index (χ1) is 9.78. The van der Waals surface area contributed by atoms with Crippen LogP contribution in [0.5, 0.6) is 0 Å². The van der Waals surface area contributed by atoms with Crippen molar-refractivity contribution < 1.29 is 9.50 Å². The van der Waals surface area contributed by atoms with E-state index in [1.54, 1.807) is 19.9 Å². The van der Waals surface area contributed by atoms with Crippen LogP contribution in [-0.4, -0.2) is 30.3 Å². The Balaban J connectivity index is 3.09. The first kappa shape index (κ1) is 17.9. The van der Waals surface area contributed by atoms with Crippen LogP contribution in [0.2, 0.25) is 0 Å². The summed E-state index contributed by atoms with van der Waals surface area (Å²) in [6.07, 6.45) is 1.04. The van der Waals surface area contributed by atoms with Gasteiger partial charge in [-0.25, -0.2) is 4.39 Å². The minimum absolute atomic E-state index is 0.0755. The summed E-state index contributed by atoms with van der Waals surface area (Å²) in [4.78, 5) is 2.10. The van der Waals surface area contributed by atoms with Gasteiger partial charge in [0.05, 0.1) is 5.60 Å². The van der Waals surface area contributed by atoms with Gasteiger partial charge in [-0.1, -0.05) is 6.92 Å². The van der Waals surface area contributed by atoms with Gasteiger partial charge in [-0.15, -0.1) is 0 Å². The molecule has 0 bridgehead atoms. The molecule has 0 aliphatic heterocycles. The van der Waals surface area contributed by atoms with E-state index in [-0.39, 0.29) is 11.9 Å². The van der Waals surface area contributed by atoms with Crippen LogP contribution in [0.4, 0.5) is 10.1 Å². The molecule has 0 radical (unpaired) electrons. The van der Waals surface area contributed by atoms with Crippen molar-refractivity contribution in [1.29, 1.82) is 0 Å². The fraction of sp³-hybridized carbons (Fsp3) is 0.647. The molecule has 0 saturated heterocycles. The van der Waals surface area contributed by atoms with E-state index in [4.69, 9.17) is 0 Å². The molecule has 0 aliphatic carbocycles. The highest BCUT2D eigenvalue weighted by molar-refractivity contribution is 5.55. The Morgan fingerprint density at radius 3 is 2.52 bits per heavy atom. The monoisotopic (exact) mass is 296 g/mol. The first-order valence-corrected chi connectivity index (χ1v) is 7.78. The molecule has 120 valence electrons. The van der Waals surface area contributed by atoms with Crippen molar-refractivity contribution in [1.82, 2.24) is 5.32 Å². The lowest BCUT2D eigenvalue weighted by Crippen LogP contribution is -2.39. The third-order valence-corrected chi connectivity index (χ3v) is 3.46. The lowest BCUT2D eigenvalue weighted by molar-refractivity contribution is 0.0875. The van der Waals surface area contributed by atoms with Gasteiger partial charge >= 0.3 is 0 Å². The standard InChI is InChI=1S/C17H29FN2O/c1-6-10-19-13(3)15-11-14(18)8-9-16(15)20(7-2)12-17(4,5)21/h8-9,11,13,19,21H,6-7,10,12H2,1-5H3. The Bertz CT molecular complexity index is 443. The summed E-state index contributed by atoms with van der Waals surface area (Å²) in [5.41, 5.74) is 1.13. The second-order valence-electron chi connectivity index (χ2n) is 6.21. The summed E-state index contributed by atoms with van der Waals surface area (Å²) in [5.74, 6) is -0.224. The molecule has 1 unspecified atom stereocenters. The van der Waals surface area contributed by atoms with E-state index in [9.17, 15) is 9.50 Å². The molecular formula is C17H29FN2O.